The molecule has 0 aliphatic carbocycles. The predicted molar refractivity (Wildman–Crippen MR) is 114 cm³/mol. The summed E-state index contributed by atoms with van der Waals surface area (Å²) in [5, 5.41) is 6.58. The molecule has 30 heavy (non-hydrogen) atoms. The summed E-state index contributed by atoms with van der Waals surface area (Å²) < 4.78 is 43.8. The molecule has 2 atom stereocenters. The minimum Gasteiger partial charge on any atom is -0.346 e. The van der Waals surface area contributed by atoms with E-state index in [-0.39, 0.29) is 16.1 Å². The number of benzene rings is 1. The first kappa shape index (κ1) is 19.1. The SMILES string of the molecule is C[C@H]1C[C@H](Cn2ccc3nc(-c4cn[nH]c4)ccc32)C[SH]1(=O)c1cc(F)ccc1F. The maximum atomic E-state index is 14.3. The summed E-state index contributed by atoms with van der Waals surface area (Å²) in [6, 6.07) is 9.19. The van der Waals surface area contributed by atoms with Gasteiger partial charge in [0.25, 0.3) is 0 Å². The van der Waals surface area contributed by atoms with E-state index in [1.165, 1.54) is 0 Å². The number of nitrogens with zero attached hydrogens (tertiary/aromatic N) is 3. The summed E-state index contributed by atoms with van der Waals surface area (Å²) in [4.78, 5) is 4.76. The lowest BCUT2D eigenvalue weighted by Crippen LogP contribution is -2.24. The lowest BCUT2D eigenvalue weighted by atomic mass is 10.1. The summed E-state index contributed by atoms with van der Waals surface area (Å²) in [6.45, 7) is 2.55. The van der Waals surface area contributed by atoms with Crippen molar-refractivity contribution in [3.8, 4) is 11.3 Å². The van der Waals surface area contributed by atoms with E-state index in [1.54, 1.807) is 12.4 Å². The molecule has 0 spiro atoms. The number of pyridine rings is 1. The molecule has 1 saturated heterocycles. The Morgan fingerprint density at radius 2 is 2.10 bits per heavy atom. The zero-order valence-corrected chi connectivity index (χ0v) is 17.3. The van der Waals surface area contributed by atoms with Crippen molar-refractivity contribution in [3.05, 3.63) is 66.6 Å². The van der Waals surface area contributed by atoms with E-state index in [0.717, 1.165) is 40.5 Å². The lowest BCUT2D eigenvalue weighted by Gasteiger charge is -2.24. The molecule has 1 aliphatic heterocycles. The van der Waals surface area contributed by atoms with Crippen LogP contribution in [0, 0.1) is 17.6 Å². The van der Waals surface area contributed by atoms with Crippen molar-refractivity contribution < 1.29 is 13.0 Å². The van der Waals surface area contributed by atoms with Crippen molar-refractivity contribution in [1.29, 1.82) is 0 Å². The number of halogens is 2. The molecule has 0 radical (unpaired) electrons. The van der Waals surface area contributed by atoms with Crippen LogP contribution in [0.3, 0.4) is 0 Å². The zero-order valence-electron chi connectivity index (χ0n) is 16.4. The maximum absolute atomic E-state index is 14.3. The molecular formula is C22H22F2N4OS. The number of H-pyrrole nitrogens is 1. The van der Waals surface area contributed by atoms with Gasteiger partial charge in [0.2, 0.25) is 0 Å². The molecule has 5 nitrogen and oxygen atoms in total. The van der Waals surface area contributed by atoms with Crippen LogP contribution in [0.4, 0.5) is 8.78 Å². The van der Waals surface area contributed by atoms with Crippen LogP contribution in [0.5, 0.6) is 0 Å². The normalized spacial score (nSPS) is 21.8. The van der Waals surface area contributed by atoms with Crippen LogP contribution in [0.2, 0.25) is 0 Å². The highest BCUT2D eigenvalue weighted by Gasteiger charge is 2.39. The van der Waals surface area contributed by atoms with Gasteiger partial charge in [-0.1, -0.05) is 16.9 Å². The van der Waals surface area contributed by atoms with Crippen LogP contribution < -0.4 is 0 Å². The van der Waals surface area contributed by atoms with Gasteiger partial charge in [-0.05, 0) is 48.7 Å². The molecule has 1 aromatic carbocycles. The van der Waals surface area contributed by atoms with Crippen LogP contribution in [-0.4, -0.2) is 35.0 Å². The Hall–Kier alpha value is -2.87. The Morgan fingerprint density at radius 3 is 2.90 bits per heavy atom. The fraction of sp³-hybridized carbons (Fsp3) is 0.273. The summed E-state index contributed by atoms with van der Waals surface area (Å²) in [7, 11) is -3.01. The van der Waals surface area contributed by atoms with E-state index in [1.807, 2.05) is 31.3 Å². The quantitative estimate of drug-likeness (QED) is 0.479. The minimum atomic E-state index is -3.01. The molecule has 5 rings (SSSR count). The number of fused-ring (bicyclic) bond motifs is 1. The Morgan fingerprint density at radius 1 is 1.23 bits per heavy atom. The highest BCUT2D eigenvalue weighted by atomic mass is 32.2. The first-order valence-electron chi connectivity index (χ1n) is 9.93. The van der Waals surface area contributed by atoms with Crippen LogP contribution in [0.15, 0.2) is 59.9 Å². The zero-order chi connectivity index (χ0) is 20.9. The van der Waals surface area contributed by atoms with Crippen LogP contribution >= 0.6 is 0 Å². The van der Waals surface area contributed by atoms with Gasteiger partial charge < -0.3 is 4.57 Å². The van der Waals surface area contributed by atoms with Gasteiger partial charge in [0.1, 0.15) is 11.6 Å². The van der Waals surface area contributed by atoms with Gasteiger partial charge in [-0.15, -0.1) is 0 Å². The van der Waals surface area contributed by atoms with Crippen molar-refractivity contribution in [2.75, 3.05) is 5.75 Å². The molecule has 1 fully saturated rings. The second-order valence-corrected chi connectivity index (χ2v) is 11.4. The molecule has 156 valence electrons. The molecule has 4 aromatic rings. The number of hydrogen-bond acceptors (Lipinski definition) is 3. The van der Waals surface area contributed by atoms with E-state index >= 15 is 0 Å². The van der Waals surface area contributed by atoms with E-state index in [9.17, 15) is 13.0 Å². The number of aromatic amines is 1. The van der Waals surface area contributed by atoms with E-state index in [4.69, 9.17) is 4.98 Å². The second-order valence-electron chi connectivity index (χ2n) is 8.08. The summed E-state index contributed by atoms with van der Waals surface area (Å²) >= 11 is 0. The number of hydrogen-bond donors (Lipinski definition) is 2. The van der Waals surface area contributed by atoms with Crippen LogP contribution in [0.25, 0.3) is 22.3 Å². The third-order valence-corrected chi connectivity index (χ3v) is 9.96. The van der Waals surface area contributed by atoms with Crippen molar-refractivity contribution >= 4 is 21.0 Å². The molecule has 0 unspecified atom stereocenters. The fourth-order valence-corrected chi connectivity index (χ4v) is 8.08. The molecule has 8 heteroatoms. The average molecular weight is 429 g/mol. The first-order chi connectivity index (χ1) is 14.4. The molecule has 0 amide bonds. The number of nitrogens with one attached hydrogen (secondary N) is 1. The molecule has 3 aromatic heterocycles. The van der Waals surface area contributed by atoms with Crippen molar-refractivity contribution in [1.82, 2.24) is 19.7 Å². The third-order valence-electron chi connectivity index (χ3n) is 6.10. The number of aromatic nitrogens is 4. The van der Waals surface area contributed by atoms with Gasteiger partial charge in [-0.2, -0.15) is 5.10 Å². The van der Waals surface area contributed by atoms with Crippen molar-refractivity contribution in [3.63, 3.8) is 0 Å². The molecule has 4 heterocycles. The summed E-state index contributed by atoms with van der Waals surface area (Å²) in [5.41, 5.74) is 3.63. The lowest BCUT2D eigenvalue weighted by molar-refractivity contribution is 0.484. The van der Waals surface area contributed by atoms with Gasteiger partial charge >= 0.3 is 0 Å². The van der Waals surface area contributed by atoms with Gasteiger partial charge in [0, 0.05) is 35.5 Å². The van der Waals surface area contributed by atoms with Gasteiger partial charge in [-0.3, -0.25) is 9.31 Å². The van der Waals surface area contributed by atoms with E-state index in [0.29, 0.717) is 18.7 Å². The van der Waals surface area contributed by atoms with Gasteiger partial charge in [-0.25, -0.2) is 13.8 Å². The predicted octanol–water partition coefficient (Wildman–Crippen LogP) is 4.19. The third kappa shape index (κ3) is 3.15. The average Bonchev–Trinajstić information content (AvgIpc) is 3.45. The molecule has 0 bridgehead atoms. The smallest absolute Gasteiger partial charge is 0.137 e. The van der Waals surface area contributed by atoms with E-state index in [2.05, 4.69) is 14.8 Å². The number of rotatable bonds is 4. The standard InChI is InChI=1S/C22H22F2N4OS/c1-14-8-15(13-30(14,29)22-9-17(23)2-3-18(22)24)12-28-7-6-20-21(28)5-4-19(27-20)16-10-25-26-11-16/h2-7,9-11,14-15,30H,8,12-13H2,1H3,(H,25,26)/t14-,15+/m0/s1. The maximum Gasteiger partial charge on any atom is 0.137 e. The molecule has 0 saturated carbocycles. The second kappa shape index (κ2) is 7.12. The highest BCUT2D eigenvalue weighted by molar-refractivity contribution is 8.03. The summed E-state index contributed by atoms with van der Waals surface area (Å²) in [5.74, 6) is -0.616. The Balaban J connectivity index is 1.41. The summed E-state index contributed by atoms with van der Waals surface area (Å²) in [6.07, 6.45) is 6.23. The topological polar surface area (TPSA) is 63.6 Å². The minimum absolute atomic E-state index is 0.0567. The van der Waals surface area contributed by atoms with Crippen LogP contribution in [-0.2, 0) is 16.5 Å². The van der Waals surface area contributed by atoms with Gasteiger partial charge in [0.15, 0.2) is 0 Å². The largest absolute Gasteiger partial charge is 0.346 e. The highest BCUT2D eigenvalue weighted by Crippen LogP contribution is 2.39. The first-order valence-corrected chi connectivity index (χ1v) is 11.9. The molecule has 1 aliphatic rings. The van der Waals surface area contributed by atoms with Gasteiger partial charge in [0.05, 0.1) is 27.8 Å². The molecular weight excluding hydrogens is 406 g/mol. The number of thiol groups is 1. The fourth-order valence-electron chi connectivity index (χ4n) is 4.60. The van der Waals surface area contributed by atoms with E-state index < -0.39 is 21.6 Å². The van der Waals surface area contributed by atoms with Crippen LogP contribution in [0.1, 0.15) is 13.3 Å². The Labute approximate surface area is 173 Å². The monoisotopic (exact) mass is 428 g/mol. The Bertz CT molecular complexity index is 1270. The van der Waals surface area contributed by atoms with Crippen molar-refractivity contribution in [2.24, 2.45) is 5.92 Å². The molecule has 1 N–H and O–H groups in total. The van der Waals surface area contributed by atoms with Crippen molar-refractivity contribution in [2.45, 2.75) is 30.0 Å². The Kier molecular flexibility index (Phi) is 4.54.